The minimum atomic E-state index is 0.0185. The molecule has 6 heteroatoms. The van der Waals surface area contributed by atoms with E-state index in [2.05, 4.69) is 15.0 Å². The van der Waals surface area contributed by atoms with E-state index < -0.39 is 0 Å². The van der Waals surface area contributed by atoms with Crippen molar-refractivity contribution in [2.45, 2.75) is 0 Å². The lowest BCUT2D eigenvalue weighted by Gasteiger charge is -2.00. The lowest BCUT2D eigenvalue weighted by molar-refractivity contribution is 0.473. The first-order valence-electron chi connectivity index (χ1n) is 3.54. The van der Waals surface area contributed by atoms with Gasteiger partial charge in [0.15, 0.2) is 5.82 Å². The van der Waals surface area contributed by atoms with Crippen molar-refractivity contribution in [2.24, 2.45) is 0 Å². The second-order valence-electron chi connectivity index (χ2n) is 2.53. The summed E-state index contributed by atoms with van der Waals surface area (Å²) in [5.41, 5.74) is 11.8. The van der Waals surface area contributed by atoms with Gasteiger partial charge in [-0.25, -0.2) is 9.97 Å². The number of hydrogen-bond donors (Lipinski definition) is 3. The van der Waals surface area contributed by atoms with Gasteiger partial charge in [-0.2, -0.15) is 4.98 Å². The maximum atomic E-state index is 9.11. The zero-order chi connectivity index (χ0) is 9.42. The van der Waals surface area contributed by atoms with Crippen LogP contribution in [0.15, 0.2) is 12.3 Å². The number of hydrogen-bond acceptors (Lipinski definition) is 6. The summed E-state index contributed by atoms with van der Waals surface area (Å²) in [5, 5.41) is 9.11. The monoisotopic (exact) mass is 177 g/mol. The summed E-state index contributed by atoms with van der Waals surface area (Å²) < 4.78 is 0. The van der Waals surface area contributed by atoms with Gasteiger partial charge in [0.25, 0.3) is 0 Å². The third-order valence-corrected chi connectivity index (χ3v) is 1.57. The molecule has 0 saturated carbocycles. The van der Waals surface area contributed by atoms with Gasteiger partial charge in [0.1, 0.15) is 16.8 Å². The summed E-state index contributed by atoms with van der Waals surface area (Å²) in [6.45, 7) is 0. The predicted molar refractivity (Wildman–Crippen MR) is 47.8 cm³/mol. The molecule has 6 nitrogen and oxygen atoms in total. The highest BCUT2D eigenvalue weighted by Crippen LogP contribution is 2.19. The van der Waals surface area contributed by atoms with Gasteiger partial charge in [-0.3, -0.25) is 0 Å². The second-order valence-corrected chi connectivity index (χ2v) is 2.53. The molecule has 13 heavy (non-hydrogen) atoms. The summed E-state index contributed by atoms with van der Waals surface area (Å²) in [6.07, 6.45) is 1.28. The summed E-state index contributed by atoms with van der Waals surface area (Å²) in [5.74, 6) is 0.296. The SMILES string of the molecule is Nc1nc(N)c2ncc(O)cc2n1. The summed E-state index contributed by atoms with van der Waals surface area (Å²) in [4.78, 5) is 11.5. The number of nitrogens with two attached hydrogens (primary N) is 2. The van der Waals surface area contributed by atoms with E-state index in [0.717, 1.165) is 0 Å². The maximum Gasteiger partial charge on any atom is 0.222 e. The van der Waals surface area contributed by atoms with Crippen molar-refractivity contribution < 1.29 is 5.11 Å². The molecule has 0 atom stereocenters. The molecule has 0 bridgehead atoms. The number of rotatable bonds is 0. The molecule has 66 valence electrons. The van der Waals surface area contributed by atoms with Gasteiger partial charge in [0, 0.05) is 6.07 Å². The average Bonchev–Trinajstić information content (AvgIpc) is 2.02. The van der Waals surface area contributed by atoms with Crippen LogP contribution in [0.5, 0.6) is 5.75 Å². The van der Waals surface area contributed by atoms with Crippen LogP contribution in [-0.2, 0) is 0 Å². The predicted octanol–water partition coefficient (Wildman–Crippen LogP) is -0.105. The molecule has 0 spiro atoms. The van der Waals surface area contributed by atoms with Crippen LogP contribution in [0.4, 0.5) is 11.8 Å². The van der Waals surface area contributed by atoms with Crippen LogP contribution in [0.1, 0.15) is 0 Å². The van der Waals surface area contributed by atoms with Crippen LogP contribution in [0.3, 0.4) is 0 Å². The van der Waals surface area contributed by atoms with E-state index in [4.69, 9.17) is 16.6 Å². The molecular weight excluding hydrogens is 170 g/mol. The Morgan fingerprint density at radius 1 is 1.23 bits per heavy atom. The fraction of sp³-hybridized carbons (Fsp3) is 0. The van der Waals surface area contributed by atoms with Crippen molar-refractivity contribution in [1.29, 1.82) is 0 Å². The van der Waals surface area contributed by atoms with E-state index in [1.54, 1.807) is 0 Å². The van der Waals surface area contributed by atoms with E-state index in [0.29, 0.717) is 11.0 Å². The molecule has 0 unspecified atom stereocenters. The Morgan fingerprint density at radius 2 is 2.00 bits per heavy atom. The van der Waals surface area contributed by atoms with E-state index in [1.807, 2.05) is 0 Å². The molecule has 0 aromatic carbocycles. The summed E-state index contributed by atoms with van der Waals surface area (Å²) in [6, 6.07) is 1.43. The maximum absolute atomic E-state index is 9.11. The van der Waals surface area contributed by atoms with Gasteiger partial charge in [0.2, 0.25) is 5.95 Å². The van der Waals surface area contributed by atoms with Gasteiger partial charge >= 0.3 is 0 Å². The molecule has 0 aliphatic heterocycles. The first-order chi connectivity index (χ1) is 6.16. The number of pyridine rings is 1. The van der Waals surface area contributed by atoms with Crippen LogP contribution >= 0.6 is 0 Å². The van der Waals surface area contributed by atoms with Crippen LogP contribution in [-0.4, -0.2) is 20.1 Å². The zero-order valence-electron chi connectivity index (χ0n) is 6.60. The Hall–Kier alpha value is -2.11. The molecule has 0 amide bonds. The number of aromatic hydroxyl groups is 1. The Balaban J connectivity index is 2.86. The van der Waals surface area contributed by atoms with Gasteiger partial charge in [-0.05, 0) is 0 Å². The summed E-state index contributed by atoms with van der Waals surface area (Å²) >= 11 is 0. The zero-order valence-corrected chi connectivity index (χ0v) is 6.60. The van der Waals surface area contributed by atoms with Crippen LogP contribution in [0.25, 0.3) is 11.0 Å². The standard InChI is InChI=1S/C7H7N5O/c8-6-5-4(11-7(9)12-6)1-3(13)2-10-5/h1-2,13H,(H4,8,9,11,12). The number of aromatic nitrogens is 3. The minimum absolute atomic E-state index is 0.0185. The third kappa shape index (κ3) is 1.18. The Labute approximate surface area is 73.2 Å². The van der Waals surface area contributed by atoms with Gasteiger partial charge in [-0.1, -0.05) is 0 Å². The molecule has 5 N–H and O–H groups in total. The number of fused-ring (bicyclic) bond motifs is 1. The molecule has 0 aliphatic carbocycles. The molecule has 2 rings (SSSR count). The van der Waals surface area contributed by atoms with Gasteiger partial charge in [0.05, 0.1) is 6.20 Å². The van der Waals surface area contributed by atoms with Crippen molar-refractivity contribution in [1.82, 2.24) is 15.0 Å². The Morgan fingerprint density at radius 3 is 2.77 bits per heavy atom. The van der Waals surface area contributed by atoms with E-state index in [1.165, 1.54) is 12.3 Å². The summed E-state index contributed by atoms with van der Waals surface area (Å²) in [7, 11) is 0. The number of nitrogens with zero attached hydrogens (tertiary/aromatic N) is 3. The van der Waals surface area contributed by atoms with Crippen LogP contribution in [0, 0.1) is 0 Å². The smallest absolute Gasteiger partial charge is 0.222 e. The van der Waals surface area contributed by atoms with Crippen LogP contribution in [0.2, 0.25) is 0 Å². The fourth-order valence-corrected chi connectivity index (χ4v) is 1.05. The number of nitrogen functional groups attached to an aromatic ring is 2. The van der Waals surface area contributed by atoms with Crippen molar-refractivity contribution in [3.63, 3.8) is 0 Å². The molecule has 2 aromatic heterocycles. The van der Waals surface area contributed by atoms with E-state index in [9.17, 15) is 0 Å². The lowest BCUT2D eigenvalue weighted by atomic mass is 10.3. The third-order valence-electron chi connectivity index (χ3n) is 1.57. The minimum Gasteiger partial charge on any atom is -0.506 e. The van der Waals surface area contributed by atoms with E-state index in [-0.39, 0.29) is 17.5 Å². The highest BCUT2D eigenvalue weighted by molar-refractivity contribution is 5.85. The molecule has 0 fully saturated rings. The lowest BCUT2D eigenvalue weighted by Crippen LogP contribution is -2.01. The van der Waals surface area contributed by atoms with Gasteiger partial charge < -0.3 is 16.6 Å². The second kappa shape index (κ2) is 2.44. The van der Waals surface area contributed by atoms with Gasteiger partial charge in [-0.15, -0.1) is 0 Å². The van der Waals surface area contributed by atoms with Crippen molar-refractivity contribution in [3.8, 4) is 5.75 Å². The first-order valence-corrected chi connectivity index (χ1v) is 3.54. The van der Waals surface area contributed by atoms with Crippen LogP contribution < -0.4 is 11.5 Å². The Bertz CT molecular complexity index is 464. The quantitative estimate of drug-likeness (QED) is 0.518. The molecule has 0 aliphatic rings. The van der Waals surface area contributed by atoms with Crippen molar-refractivity contribution in [3.05, 3.63) is 12.3 Å². The number of anilines is 2. The highest BCUT2D eigenvalue weighted by Gasteiger charge is 2.04. The molecular formula is C7H7N5O. The van der Waals surface area contributed by atoms with E-state index >= 15 is 0 Å². The molecule has 2 aromatic rings. The largest absolute Gasteiger partial charge is 0.506 e. The fourth-order valence-electron chi connectivity index (χ4n) is 1.05. The topological polar surface area (TPSA) is 111 Å². The normalized spacial score (nSPS) is 10.5. The van der Waals surface area contributed by atoms with Crippen molar-refractivity contribution in [2.75, 3.05) is 11.5 Å². The van der Waals surface area contributed by atoms with Crippen molar-refractivity contribution >= 4 is 22.8 Å². The molecule has 0 saturated heterocycles. The molecule has 0 radical (unpaired) electrons. The average molecular weight is 177 g/mol. The highest BCUT2D eigenvalue weighted by atomic mass is 16.3. The molecule has 2 heterocycles. The Kier molecular flexibility index (Phi) is 1.42. The first kappa shape index (κ1) is 7.53.